The number of hydrogen-bond donors (Lipinski definition) is 1. The van der Waals surface area contributed by atoms with E-state index in [1.165, 1.54) is 0 Å². The van der Waals surface area contributed by atoms with Gasteiger partial charge in [0.2, 0.25) is 5.91 Å². The van der Waals surface area contributed by atoms with Gasteiger partial charge in [0.25, 0.3) is 5.91 Å². The molecule has 0 saturated carbocycles. The molecule has 2 amide bonds. The van der Waals surface area contributed by atoms with Gasteiger partial charge in [-0.25, -0.2) is 0 Å². The monoisotopic (exact) mass is 373 g/mol. The highest BCUT2D eigenvalue weighted by molar-refractivity contribution is 6.03. The molecule has 2 aromatic carbocycles. The average Bonchev–Trinajstić information content (AvgIpc) is 3.20. The number of nitrogens with one attached hydrogen (secondary N) is 1. The van der Waals surface area contributed by atoms with E-state index < -0.39 is 6.04 Å². The van der Waals surface area contributed by atoms with Crippen LogP contribution in [0.3, 0.4) is 0 Å². The smallest absolute Gasteiger partial charge is 0.255 e. The topological polar surface area (TPSA) is 54.3 Å². The van der Waals surface area contributed by atoms with Crippen molar-refractivity contribution < 1.29 is 9.59 Å². The van der Waals surface area contributed by atoms with Crippen molar-refractivity contribution in [2.24, 2.45) is 7.05 Å². The SMILES string of the molecule is C=CCNC(=O)[C@@H](C)N1C(=O)c2ccccc2[C@H]1c1cn(C)c2ccccc12. The highest BCUT2D eigenvalue weighted by atomic mass is 16.2. The lowest BCUT2D eigenvalue weighted by molar-refractivity contribution is -0.125. The minimum atomic E-state index is -0.608. The van der Waals surface area contributed by atoms with Gasteiger partial charge in [-0.2, -0.15) is 0 Å². The number of carbonyl (C=O) groups excluding carboxylic acids is 2. The number of para-hydroxylation sites is 1. The van der Waals surface area contributed by atoms with Crippen LogP contribution in [0.4, 0.5) is 0 Å². The summed E-state index contributed by atoms with van der Waals surface area (Å²) in [6, 6.07) is 14.8. The fourth-order valence-electron chi connectivity index (χ4n) is 4.09. The van der Waals surface area contributed by atoms with Crippen LogP contribution < -0.4 is 5.32 Å². The van der Waals surface area contributed by atoms with Crippen LogP contribution in [0.5, 0.6) is 0 Å². The zero-order chi connectivity index (χ0) is 19.8. The highest BCUT2D eigenvalue weighted by Crippen LogP contribution is 2.42. The zero-order valence-corrected chi connectivity index (χ0v) is 16.1. The molecule has 5 nitrogen and oxygen atoms in total. The lowest BCUT2D eigenvalue weighted by Gasteiger charge is -2.30. The van der Waals surface area contributed by atoms with Gasteiger partial charge in [-0.15, -0.1) is 6.58 Å². The number of benzene rings is 2. The van der Waals surface area contributed by atoms with Crippen LogP contribution in [-0.2, 0) is 11.8 Å². The third-order valence-electron chi connectivity index (χ3n) is 5.44. The van der Waals surface area contributed by atoms with Crippen molar-refractivity contribution in [3.8, 4) is 0 Å². The molecule has 5 heteroatoms. The number of amides is 2. The van der Waals surface area contributed by atoms with E-state index in [9.17, 15) is 9.59 Å². The largest absolute Gasteiger partial charge is 0.351 e. The molecule has 1 aliphatic heterocycles. The van der Waals surface area contributed by atoms with Crippen molar-refractivity contribution in [2.75, 3.05) is 6.54 Å². The molecule has 4 rings (SSSR count). The van der Waals surface area contributed by atoms with Crippen LogP contribution in [0.25, 0.3) is 10.9 Å². The third kappa shape index (κ3) is 2.71. The van der Waals surface area contributed by atoms with Crippen LogP contribution in [-0.4, -0.2) is 33.9 Å². The zero-order valence-electron chi connectivity index (χ0n) is 16.1. The van der Waals surface area contributed by atoms with Gasteiger partial charge in [0.1, 0.15) is 6.04 Å². The summed E-state index contributed by atoms with van der Waals surface area (Å²) >= 11 is 0. The molecule has 0 bridgehead atoms. The van der Waals surface area contributed by atoms with E-state index in [1.54, 1.807) is 17.9 Å². The minimum Gasteiger partial charge on any atom is -0.351 e. The van der Waals surface area contributed by atoms with E-state index in [-0.39, 0.29) is 17.9 Å². The van der Waals surface area contributed by atoms with Crippen molar-refractivity contribution in [3.63, 3.8) is 0 Å². The van der Waals surface area contributed by atoms with Crippen LogP contribution in [0.15, 0.2) is 67.4 Å². The Bertz CT molecular complexity index is 1080. The minimum absolute atomic E-state index is 0.116. The van der Waals surface area contributed by atoms with E-state index in [0.717, 1.165) is 22.0 Å². The summed E-state index contributed by atoms with van der Waals surface area (Å²) in [5.41, 5.74) is 3.72. The first kappa shape index (κ1) is 18.0. The number of aromatic nitrogens is 1. The van der Waals surface area contributed by atoms with Gasteiger partial charge in [-0.05, 0) is 24.6 Å². The number of hydrogen-bond acceptors (Lipinski definition) is 2. The van der Waals surface area contributed by atoms with E-state index >= 15 is 0 Å². The van der Waals surface area contributed by atoms with Gasteiger partial charge in [0, 0.05) is 41.8 Å². The van der Waals surface area contributed by atoms with E-state index in [1.807, 2.05) is 43.4 Å². The second kappa shape index (κ2) is 7.00. The fourth-order valence-corrected chi connectivity index (χ4v) is 4.09. The highest BCUT2D eigenvalue weighted by Gasteiger charge is 2.43. The number of rotatable bonds is 5. The maximum absolute atomic E-state index is 13.3. The molecule has 0 radical (unpaired) electrons. The van der Waals surface area contributed by atoms with Gasteiger partial charge < -0.3 is 14.8 Å². The average molecular weight is 373 g/mol. The van der Waals surface area contributed by atoms with Crippen LogP contribution in [0.1, 0.15) is 34.5 Å². The lowest BCUT2D eigenvalue weighted by Crippen LogP contribution is -2.47. The van der Waals surface area contributed by atoms with Gasteiger partial charge in [0.15, 0.2) is 0 Å². The molecule has 28 heavy (non-hydrogen) atoms. The number of fused-ring (bicyclic) bond motifs is 2. The number of nitrogens with zero attached hydrogens (tertiary/aromatic N) is 2. The van der Waals surface area contributed by atoms with Gasteiger partial charge in [0.05, 0.1) is 6.04 Å². The molecule has 0 unspecified atom stereocenters. The quantitative estimate of drug-likeness (QED) is 0.697. The lowest BCUT2D eigenvalue weighted by atomic mass is 9.97. The Morgan fingerprint density at radius 2 is 1.89 bits per heavy atom. The molecule has 0 spiro atoms. The standard InChI is InChI=1S/C23H23N3O2/c1-4-13-24-22(27)15(2)26-21(17-10-5-6-11-18(17)23(26)28)19-14-25(3)20-12-8-7-9-16(19)20/h4-12,14-15,21H,1,13H2,2-3H3,(H,24,27)/t15-,21+/m1/s1. The Hall–Kier alpha value is -3.34. The third-order valence-corrected chi connectivity index (χ3v) is 5.44. The van der Waals surface area contributed by atoms with Crippen molar-refractivity contribution in [1.29, 1.82) is 0 Å². The molecule has 2 heterocycles. The molecule has 1 aliphatic rings. The second-order valence-electron chi connectivity index (χ2n) is 7.12. The Balaban J connectivity index is 1.86. The van der Waals surface area contributed by atoms with Gasteiger partial charge >= 0.3 is 0 Å². The maximum atomic E-state index is 13.3. The fraction of sp³-hybridized carbons (Fsp3) is 0.217. The molecule has 3 aromatic rings. The molecule has 0 aliphatic carbocycles. The maximum Gasteiger partial charge on any atom is 0.255 e. The van der Waals surface area contributed by atoms with Crippen molar-refractivity contribution in [3.05, 3.63) is 84.1 Å². The molecule has 1 aromatic heterocycles. The second-order valence-corrected chi connectivity index (χ2v) is 7.12. The Labute approximate surface area is 164 Å². The molecule has 1 N–H and O–H groups in total. The number of carbonyl (C=O) groups is 2. The molecular weight excluding hydrogens is 350 g/mol. The normalized spacial score (nSPS) is 16.9. The molecule has 2 atom stereocenters. The number of aryl methyl sites for hydroxylation is 1. The van der Waals surface area contributed by atoms with Crippen LogP contribution in [0.2, 0.25) is 0 Å². The van der Waals surface area contributed by atoms with Crippen LogP contribution >= 0.6 is 0 Å². The van der Waals surface area contributed by atoms with Gasteiger partial charge in [-0.3, -0.25) is 9.59 Å². The van der Waals surface area contributed by atoms with E-state index in [4.69, 9.17) is 0 Å². The van der Waals surface area contributed by atoms with E-state index in [0.29, 0.717) is 12.1 Å². The summed E-state index contributed by atoms with van der Waals surface area (Å²) in [5, 5.41) is 3.90. The molecule has 0 fully saturated rings. The molecular formula is C23H23N3O2. The van der Waals surface area contributed by atoms with Crippen molar-refractivity contribution >= 4 is 22.7 Å². The molecule has 142 valence electrons. The Morgan fingerprint density at radius 3 is 2.68 bits per heavy atom. The summed E-state index contributed by atoms with van der Waals surface area (Å²) in [4.78, 5) is 27.6. The summed E-state index contributed by atoms with van der Waals surface area (Å²) in [6.07, 6.45) is 3.69. The summed E-state index contributed by atoms with van der Waals surface area (Å²) < 4.78 is 2.07. The predicted octanol–water partition coefficient (Wildman–Crippen LogP) is 3.41. The van der Waals surface area contributed by atoms with Crippen molar-refractivity contribution in [2.45, 2.75) is 19.0 Å². The van der Waals surface area contributed by atoms with Crippen molar-refractivity contribution in [1.82, 2.24) is 14.8 Å². The summed E-state index contributed by atoms with van der Waals surface area (Å²) in [7, 11) is 2.00. The Morgan fingerprint density at radius 1 is 1.18 bits per heavy atom. The Kier molecular flexibility index (Phi) is 4.51. The summed E-state index contributed by atoms with van der Waals surface area (Å²) in [6.45, 7) is 5.79. The van der Waals surface area contributed by atoms with Gasteiger partial charge in [-0.1, -0.05) is 42.5 Å². The first-order chi connectivity index (χ1) is 13.5. The summed E-state index contributed by atoms with van der Waals surface area (Å²) in [5.74, 6) is -0.305. The van der Waals surface area contributed by atoms with Crippen LogP contribution in [0, 0.1) is 0 Å². The first-order valence-electron chi connectivity index (χ1n) is 9.38. The predicted molar refractivity (Wildman–Crippen MR) is 110 cm³/mol. The first-order valence-corrected chi connectivity index (χ1v) is 9.38. The van der Waals surface area contributed by atoms with E-state index in [2.05, 4.69) is 34.8 Å². The molecule has 0 saturated heterocycles.